The molecule has 2 amide bonds. The summed E-state index contributed by atoms with van der Waals surface area (Å²) in [6.45, 7) is 3.83. The number of aliphatic imine (C=N–C) groups is 1. The number of nitrogens with two attached hydrogens (primary N) is 1. The summed E-state index contributed by atoms with van der Waals surface area (Å²) < 4.78 is 0. The van der Waals surface area contributed by atoms with Crippen molar-refractivity contribution in [2.45, 2.75) is 51.6 Å². The largest absolute Gasteiger partial charge is 0.320 e. The molecule has 2 atom stereocenters. The van der Waals surface area contributed by atoms with E-state index in [1.54, 1.807) is 4.90 Å². The van der Waals surface area contributed by atoms with Gasteiger partial charge in [-0.05, 0) is 47.9 Å². The average molecular weight is 389 g/mol. The number of carbonyl (C=O) groups is 2. The Hall–Kier alpha value is -2.79. The number of amides is 2. The Bertz CT molecular complexity index is 980. The Labute approximate surface area is 171 Å². The van der Waals surface area contributed by atoms with E-state index >= 15 is 0 Å². The molecule has 0 aromatic heterocycles. The molecular formula is C24H27N3O2. The number of fused-ring (bicyclic) bond motifs is 2. The number of para-hydroxylation sites is 1. The summed E-state index contributed by atoms with van der Waals surface area (Å²) in [5.41, 5.74) is 11.0. The Balaban J connectivity index is 1.68. The summed E-state index contributed by atoms with van der Waals surface area (Å²) in [6.07, 6.45) is 3.24. The van der Waals surface area contributed by atoms with E-state index in [1.165, 1.54) is 5.56 Å². The second-order valence-electron chi connectivity index (χ2n) is 8.23. The lowest BCUT2D eigenvalue weighted by Gasteiger charge is -2.28. The van der Waals surface area contributed by atoms with Gasteiger partial charge in [-0.25, -0.2) is 4.99 Å². The number of anilines is 1. The van der Waals surface area contributed by atoms with Crippen LogP contribution in [0, 0.1) is 5.92 Å². The summed E-state index contributed by atoms with van der Waals surface area (Å²) in [6, 6.07) is 14.5. The highest BCUT2D eigenvalue weighted by Crippen LogP contribution is 2.34. The molecule has 5 heteroatoms. The van der Waals surface area contributed by atoms with E-state index in [0.717, 1.165) is 41.8 Å². The van der Waals surface area contributed by atoms with Gasteiger partial charge in [-0.2, -0.15) is 0 Å². The molecule has 2 aromatic carbocycles. The van der Waals surface area contributed by atoms with Gasteiger partial charge in [0.2, 0.25) is 5.91 Å². The number of rotatable bonds is 3. The van der Waals surface area contributed by atoms with Gasteiger partial charge in [0.25, 0.3) is 5.91 Å². The zero-order valence-corrected chi connectivity index (χ0v) is 17.0. The monoisotopic (exact) mass is 389 g/mol. The van der Waals surface area contributed by atoms with Crippen LogP contribution in [0.1, 0.15) is 43.4 Å². The highest BCUT2D eigenvalue weighted by atomic mass is 16.2. The van der Waals surface area contributed by atoms with Crippen LogP contribution >= 0.6 is 0 Å². The molecule has 5 nitrogen and oxygen atoms in total. The highest BCUT2D eigenvalue weighted by molar-refractivity contribution is 6.12. The molecule has 1 aliphatic heterocycles. The van der Waals surface area contributed by atoms with Crippen LogP contribution in [0.25, 0.3) is 0 Å². The second kappa shape index (κ2) is 7.91. The first-order valence-corrected chi connectivity index (χ1v) is 10.3. The van der Waals surface area contributed by atoms with E-state index in [4.69, 9.17) is 5.73 Å². The van der Waals surface area contributed by atoms with Crippen molar-refractivity contribution in [3.05, 3.63) is 65.2 Å². The molecule has 0 unspecified atom stereocenters. The van der Waals surface area contributed by atoms with Crippen LogP contribution in [0.5, 0.6) is 0 Å². The topological polar surface area (TPSA) is 75.8 Å². The van der Waals surface area contributed by atoms with Gasteiger partial charge in [0.1, 0.15) is 6.04 Å². The Morgan fingerprint density at radius 3 is 2.48 bits per heavy atom. The predicted octanol–water partition coefficient (Wildman–Crippen LogP) is 3.28. The normalized spacial score (nSPS) is 20.5. The minimum atomic E-state index is -0.653. The van der Waals surface area contributed by atoms with Gasteiger partial charge >= 0.3 is 0 Å². The van der Waals surface area contributed by atoms with Crippen LogP contribution in [0.4, 0.5) is 5.69 Å². The van der Waals surface area contributed by atoms with Crippen molar-refractivity contribution in [3.8, 4) is 0 Å². The van der Waals surface area contributed by atoms with Crippen molar-refractivity contribution in [3.63, 3.8) is 0 Å². The lowest BCUT2D eigenvalue weighted by Crippen LogP contribution is -2.51. The smallest absolute Gasteiger partial charge is 0.269 e. The maximum atomic E-state index is 13.3. The van der Waals surface area contributed by atoms with E-state index in [0.29, 0.717) is 6.42 Å². The standard InChI is InChI=1S/C24H27N3O2/c1-15(2)22(25)24(29)27-20-13-6-4-9-17(20)14-21(27)23(28)26-19-12-7-10-16-8-3-5-11-18(16)19/h3-6,8-9,11,13,15,21-22H,7,10,12,14,25H2,1-2H3/t21-,22-/m0/s1. The molecule has 1 heterocycles. The lowest BCUT2D eigenvalue weighted by atomic mass is 9.90. The fraction of sp³-hybridized carbons (Fsp3) is 0.375. The first kappa shape index (κ1) is 19.5. The molecule has 0 saturated carbocycles. The fourth-order valence-corrected chi connectivity index (χ4v) is 4.23. The van der Waals surface area contributed by atoms with E-state index in [-0.39, 0.29) is 17.7 Å². The van der Waals surface area contributed by atoms with E-state index < -0.39 is 12.1 Å². The van der Waals surface area contributed by atoms with Gasteiger partial charge in [-0.15, -0.1) is 0 Å². The number of carbonyl (C=O) groups excluding carboxylic acids is 2. The van der Waals surface area contributed by atoms with Crippen LogP contribution in [-0.4, -0.2) is 29.6 Å². The third kappa shape index (κ3) is 3.62. The summed E-state index contributed by atoms with van der Waals surface area (Å²) >= 11 is 0. The molecule has 0 spiro atoms. The van der Waals surface area contributed by atoms with E-state index in [9.17, 15) is 9.59 Å². The van der Waals surface area contributed by atoms with Crippen LogP contribution in [-0.2, 0) is 22.4 Å². The third-order valence-corrected chi connectivity index (χ3v) is 5.94. The first-order chi connectivity index (χ1) is 14.0. The number of hydrogen-bond donors (Lipinski definition) is 1. The molecule has 0 radical (unpaired) electrons. The van der Waals surface area contributed by atoms with Crippen molar-refractivity contribution >= 4 is 23.2 Å². The zero-order valence-electron chi connectivity index (χ0n) is 17.0. The Kier molecular flexibility index (Phi) is 5.33. The van der Waals surface area contributed by atoms with Crippen LogP contribution in [0.3, 0.4) is 0 Å². The van der Waals surface area contributed by atoms with Crippen molar-refractivity contribution in [2.24, 2.45) is 16.6 Å². The van der Waals surface area contributed by atoms with E-state index in [1.807, 2.05) is 56.3 Å². The number of aryl methyl sites for hydroxylation is 1. The molecule has 0 saturated heterocycles. The van der Waals surface area contributed by atoms with Gasteiger partial charge in [0.15, 0.2) is 0 Å². The predicted molar refractivity (Wildman–Crippen MR) is 115 cm³/mol. The minimum Gasteiger partial charge on any atom is -0.320 e. The van der Waals surface area contributed by atoms with Gasteiger partial charge in [-0.3, -0.25) is 14.5 Å². The number of benzene rings is 2. The second-order valence-corrected chi connectivity index (χ2v) is 8.23. The molecule has 1 aliphatic carbocycles. The van der Waals surface area contributed by atoms with Gasteiger partial charge < -0.3 is 5.73 Å². The van der Waals surface area contributed by atoms with Crippen LogP contribution in [0.15, 0.2) is 53.5 Å². The molecule has 29 heavy (non-hydrogen) atoms. The third-order valence-electron chi connectivity index (χ3n) is 5.94. The Morgan fingerprint density at radius 1 is 1.03 bits per heavy atom. The quantitative estimate of drug-likeness (QED) is 0.875. The SMILES string of the molecule is CC(C)[C@H](N)C(=O)N1c2ccccc2C[C@H]1C(=O)N=C1CCCc2ccccc21. The number of hydrogen-bond acceptors (Lipinski definition) is 3. The molecule has 2 aliphatic rings. The zero-order chi connectivity index (χ0) is 20.5. The van der Waals surface area contributed by atoms with Crippen molar-refractivity contribution in [1.29, 1.82) is 0 Å². The van der Waals surface area contributed by atoms with Crippen LogP contribution < -0.4 is 10.6 Å². The molecule has 0 fully saturated rings. The first-order valence-electron chi connectivity index (χ1n) is 10.3. The number of nitrogens with zero attached hydrogens (tertiary/aromatic N) is 2. The fourth-order valence-electron chi connectivity index (χ4n) is 4.23. The lowest BCUT2D eigenvalue weighted by molar-refractivity contribution is -0.125. The van der Waals surface area contributed by atoms with Crippen molar-refractivity contribution in [2.75, 3.05) is 4.90 Å². The minimum absolute atomic E-state index is 0.0115. The molecule has 150 valence electrons. The summed E-state index contributed by atoms with van der Waals surface area (Å²) in [4.78, 5) is 32.5. The molecule has 2 N–H and O–H groups in total. The molecule has 2 aromatic rings. The van der Waals surface area contributed by atoms with Gasteiger partial charge in [0, 0.05) is 12.1 Å². The highest BCUT2D eigenvalue weighted by Gasteiger charge is 2.40. The molecule has 0 bridgehead atoms. The Morgan fingerprint density at radius 2 is 1.72 bits per heavy atom. The van der Waals surface area contributed by atoms with Crippen molar-refractivity contribution in [1.82, 2.24) is 0 Å². The van der Waals surface area contributed by atoms with Gasteiger partial charge in [-0.1, -0.05) is 56.3 Å². The van der Waals surface area contributed by atoms with Crippen LogP contribution in [0.2, 0.25) is 0 Å². The summed E-state index contributed by atoms with van der Waals surface area (Å²) in [7, 11) is 0. The van der Waals surface area contributed by atoms with Gasteiger partial charge in [0.05, 0.1) is 11.8 Å². The van der Waals surface area contributed by atoms with E-state index in [2.05, 4.69) is 11.1 Å². The summed E-state index contributed by atoms with van der Waals surface area (Å²) in [5.74, 6) is -0.493. The maximum absolute atomic E-state index is 13.3. The van der Waals surface area contributed by atoms with Crippen molar-refractivity contribution < 1.29 is 9.59 Å². The summed E-state index contributed by atoms with van der Waals surface area (Å²) in [5, 5.41) is 0. The average Bonchev–Trinajstić information content (AvgIpc) is 3.12. The molecular weight excluding hydrogens is 362 g/mol. The molecule has 4 rings (SSSR count). The maximum Gasteiger partial charge on any atom is 0.269 e.